The SMILES string of the molecule is O=C(N/N=C\c1ccccc1)c1cc(Cl)nc(Cl)c1. The van der Waals surface area contributed by atoms with Gasteiger partial charge in [0.1, 0.15) is 10.3 Å². The minimum Gasteiger partial charge on any atom is -0.267 e. The number of hydrazone groups is 1. The summed E-state index contributed by atoms with van der Waals surface area (Å²) in [6.07, 6.45) is 1.54. The van der Waals surface area contributed by atoms with Gasteiger partial charge in [0, 0.05) is 5.56 Å². The topological polar surface area (TPSA) is 54.4 Å². The van der Waals surface area contributed by atoms with Crippen molar-refractivity contribution in [3.8, 4) is 0 Å². The number of amides is 1. The van der Waals surface area contributed by atoms with Gasteiger partial charge in [-0.3, -0.25) is 4.79 Å². The third kappa shape index (κ3) is 4.05. The van der Waals surface area contributed by atoms with E-state index in [4.69, 9.17) is 23.2 Å². The summed E-state index contributed by atoms with van der Waals surface area (Å²) in [5, 5.41) is 4.16. The first-order chi connectivity index (χ1) is 9.15. The van der Waals surface area contributed by atoms with Crippen LogP contribution in [0.2, 0.25) is 10.3 Å². The van der Waals surface area contributed by atoms with E-state index >= 15 is 0 Å². The maximum Gasteiger partial charge on any atom is 0.271 e. The summed E-state index contributed by atoms with van der Waals surface area (Å²) >= 11 is 11.4. The molecule has 0 atom stereocenters. The number of aromatic nitrogens is 1. The predicted octanol–water partition coefficient (Wildman–Crippen LogP) is 3.15. The number of hydrogen-bond donors (Lipinski definition) is 1. The lowest BCUT2D eigenvalue weighted by molar-refractivity contribution is 0.0955. The van der Waals surface area contributed by atoms with Gasteiger partial charge in [0.05, 0.1) is 6.21 Å². The average molecular weight is 294 g/mol. The quantitative estimate of drug-likeness (QED) is 0.537. The summed E-state index contributed by atoms with van der Waals surface area (Å²) in [6, 6.07) is 12.2. The molecule has 1 N–H and O–H groups in total. The van der Waals surface area contributed by atoms with Gasteiger partial charge in [-0.15, -0.1) is 0 Å². The number of carbonyl (C=O) groups excluding carboxylic acids is 1. The van der Waals surface area contributed by atoms with Crippen LogP contribution in [-0.4, -0.2) is 17.1 Å². The van der Waals surface area contributed by atoms with Gasteiger partial charge in [0.2, 0.25) is 0 Å². The number of nitrogens with one attached hydrogen (secondary N) is 1. The molecule has 0 radical (unpaired) electrons. The van der Waals surface area contributed by atoms with E-state index < -0.39 is 5.91 Å². The van der Waals surface area contributed by atoms with Gasteiger partial charge in [-0.25, -0.2) is 10.4 Å². The Morgan fingerprint density at radius 1 is 1.16 bits per heavy atom. The Hall–Kier alpha value is -1.91. The van der Waals surface area contributed by atoms with Crippen LogP contribution < -0.4 is 5.43 Å². The molecule has 1 amide bonds. The second-order valence-corrected chi connectivity index (χ2v) is 4.39. The Bertz CT molecular complexity index is 594. The van der Waals surface area contributed by atoms with Gasteiger partial charge in [-0.2, -0.15) is 5.10 Å². The fourth-order valence-corrected chi connectivity index (χ4v) is 1.83. The molecule has 0 fully saturated rings. The summed E-state index contributed by atoms with van der Waals surface area (Å²) in [5.74, 6) is -0.404. The van der Waals surface area contributed by atoms with Gasteiger partial charge >= 0.3 is 0 Å². The molecule has 0 unspecified atom stereocenters. The first kappa shape index (κ1) is 13.5. The van der Waals surface area contributed by atoms with Gasteiger partial charge in [0.15, 0.2) is 0 Å². The molecule has 1 aromatic heterocycles. The highest BCUT2D eigenvalue weighted by Gasteiger charge is 2.07. The second kappa shape index (κ2) is 6.31. The van der Waals surface area contributed by atoms with E-state index in [1.807, 2.05) is 30.3 Å². The van der Waals surface area contributed by atoms with Crippen molar-refractivity contribution in [3.05, 3.63) is 63.9 Å². The molecular weight excluding hydrogens is 285 g/mol. The van der Waals surface area contributed by atoms with Crippen LogP contribution in [0.4, 0.5) is 0 Å². The van der Waals surface area contributed by atoms with E-state index in [2.05, 4.69) is 15.5 Å². The molecule has 0 aliphatic heterocycles. The third-order valence-electron chi connectivity index (χ3n) is 2.20. The van der Waals surface area contributed by atoms with Crippen LogP contribution in [0.25, 0.3) is 0 Å². The van der Waals surface area contributed by atoms with Gasteiger partial charge in [-0.1, -0.05) is 53.5 Å². The fraction of sp³-hybridized carbons (Fsp3) is 0. The lowest BCUT2D eigenvalue weighted by Gasteiger charge is -2.01. The zero-order chi connectivity index (χ0) is 13.7. The van der Waals surface area contributed by atoms with Crippen LogP contribution in [0, 0.1) is 0 Å². The molecule has 0 saturated heterocycles. The van der Waals surface area contributed by atoms with Gasteiger partial charge < -0.3 is 0 Å². The van der Waals surface area contributed by atoms with Gasteiger partial charge in [-0.05, 0) is 17.7 Å². The summed E-state index contributed by atoms with van der Waals surface area (Å²) in [5.41, 5.74) is 3.57. The molecule has 0 bridgehead atoms. The number of pyridine rings is 1. The highest BCUT2D eigenvalue weighted by Crippen LogP contribution is 2.14. The van der Waals surface area contributed by atoms with E-state index in [1.165, 1.54) is 12.1 Å². The Balaban J connectivity index is 2.03. The predicted molar refractivity (Wildman–Crippen MR) is 75.8 cm³/mol. The van der Waals surface area contributed by atoms with Crippen LogP contribution >= 0.6 is 23.2 Å². The van der Waals surface area contributed by atoms with Crippen molar-refractivity contribution in [2.75, 3.05) is 0 Å². The van der Waals surface area contributed by atoms with Crippen molar-refractivity contribution in [1.29, 1.82) is 0 Å². The molecule has 2 aromatic rings. The Morgan fingerprint density at radius 3 is 2.42 bits per heavy atom. The Kier molecular flexibility index (Phi) is 4.49. The summed E-state index contributed by atoms with van der Waals surface area (Å²) in [4.78, 5) is 15.5. The number of nitrogens with zero attached hydrogens (tertiary/aromatic N) is 2. The van der Waals surface area contributed by atoms with Crippen molar-refractivity contribution in [2.45, 2.75) is 0 Å². The van der Waals surface area contributed by atoms with E-state index in [1.54, 1.807) is 6.21 Å². The van der Waals surface area contributed by atoms with Crippen LogP contribution in [-0.2, 0) is 0 Å². The standard InChI is InChI=1S/C13H9Cl2N3O/c14-11-6-10(7-12(15)17-11)13(19)18-16-8-9-4-2-1-3-5-9/h1-8H,(H,18,19)/b16-8-. The molecule has 0 saturated carbocycles. The number of halogens is 2. The van der Waals surface area contributed by atoms with E-state index in [0.29, 0.717) is 5.56 Å². The van der Waals surface area contributed by atoms with Gasteiger partial charge in [0.25, 0.3) is 5.91 Å². The molecule has 4 nitrogen and oxygen atoms in total. The second-order valence-electron chi connectivity index (χ2n) is 3.61. The maximum atomic E-state index is 11.8. The van der Waals surface area contributed by atoms with Crippen molar-refractivity contribution in [3.63, 3.8) is 0 Å². The zero-order valence-electron chi connectivity index (χ0n) is 9.68. The lowest BCUT2D eigenvalue weighted by atomic mass is 10.2. The first-order valence-electron chi connectivity index (χ1n) is 5.37. The molecule has 2 rings (SSSR count). The number of carbonyl (C=O) groups is 1. The number of hydrogen-bond acceptors (Lipinski definition) is 3. The van der Waals surface area contributed by atoms with Crippen LogP contribution in [0.3, 0.4) is 0 Å². The monoisotopic (exact) mass is 293 g/mol. The largest absolute Gasteiger partial charge is 0.271 e. The lowest BCUT2D eigenvalue weighted by Crippen LogP contribution is -2.17. The maximum absolute atomic E-state index is 11.8. The van der Waals surface area contributed by atoms with E-state index in [0.717, 1.165) is 5.56 Å². The summed E-state index contributed by atoms with van der Waals surface area (Å²) in [7, 11) is 0. The molecule has 96 valence electrons. The van der Waals surface area contributed by atoms with Crippen LogP contribution in [0.1, 0.15) is 15.9 Å². The molecular formula is C13H9Cl2N3O. The highest BCUT2D eigenvalue weighted by atomic mass is 35.5. The van der Waals surface area contributed by atoms with Crippen LogP contribution in [0.15, 0.2) is 47.6 Å². The van der Waals surface area contributed by atoms with Crippen molar-refractivity contribution in [2.24, 2.45) is 5.10 Å². The molecule has 1 aromatic carbocycles. The average Bonchev–Trinajstić information content (AvgIpc) is 2.38. The number of benzene rings is 1. The first-order valence-corrected chi connectivity index (χ1v) is 6.12. The van der Waals surface area contributed by atoms with E-state index in [9.17, 15) is 4.79 Å². The Morgan fingerprint density at radius 2 is 1.79 bits per heavy atom. The minimum absolute atomic E-state index is 0.157. The van der Waals surface area contributed by atoms with Crippen molar-refractivity contribution < 1.29 is 4.79 Å². The summed E-state index contributed by atoms with van der Waals surface area (Å²) < 4.78 is 0. The molecule has 0 spiro atoms. The van der Waals surface area contributed by atoms with Crippen molar-refractivity contribution >= 4 is 35.3 Å². The molecule has 0 aliphatic rings. The zero-order valence-corrected chi connectivity index (χ0v) is 11.2. The highest BCUT2D eigenvalue weighted by molar-refractivity contribution is 6.33. The molecule has 1 heterocycles. The van der Waals surface area contributed by atoms with E-state index in [-0.39, 0.29) is 10.3 Å². The third-order valence-corrected chi connectivity index (χ3v) is 2.59. The molecule has 19 heavy (non-hydrogen) atoms. The normalized spacial score (nSPS) is 10.6. The minimum atomic E-state index is -0.404. The van der Waals surface area contributed by atoms with Crippen molar-refractivity contribution in [1.82, 2.24) is 10.4 Å². The number of rotatable bonds is 3. The Labute approximate surface area is 120 Å². The smallest absolute Gasteiger partial charge is 0.267 e. The fourth-order valence-electron chi connectivity index (χ4n) is 1.37. The molecule has 6 heteroatoms. The summed E-state index contributed by atoms with van der Waals surface area (Å²) in [6.45, 7) is 0. The van der Waals surface area contributed by atoms with Crippen LogP contribution in [0.5, 0.6) is 0 Å². The molecule has 0 aliphatic carbocycles.